The zero-order chi connectivity index (χ0) is 21.3. The van der Waals surface area contributed by atoms with E-state index in [0.717, 1.165) is 0 Å². The molecule has 0 atom stereocenters. The largest absolute Gasteiger partial charge is 0.497 e. The van der Waals surface area contributed by atoms with Gasteiger partial charge in [-0.2, -0.15) is 5.26 Å². The molecule has 0 radical (unpaired) electrons. The van der Waals surface area contributed by atoms with Gasteiger partial charge in [0.15, 0.2) is 5.78 Å². The van der Waals surface area contributed by atoms with E-state index in [1.807, 2.05) is 12.1 Å². The number of benzene rings is 2. The first kappa shape index (κ1) is 19.4. The highest BCUT2D eigenvalue weighted by atomic mass is 35.5. The van der Waals surface area contributed by atoms with Crippen LogP contribution in [0.2, 0.25) is 5.15 Å². The van der Waals surface area contributed by atoms with Crippen molar-refractivity contribution in [1.29, 1.82) is 5.26 Å². The third kappa shape index (κ3) is 3.23. The van der Waals surface area contributed by atoms with Crippen LogP contribution in [0.5, 0.6) is 5.75 Å². The van der Waals surface area contributed by atoms with Crippen molar-refractivity contribution < 1.29 is 9.53 Å². The van der Waals surface area contributed by atoms with E-state index in [1.54, 1.807) is 48.5 Å². The van der Waals surface area contributed by atoms with E-state index in [4.69, 9.17) is 16.3 Å². The number of halogens is 1. The number of ketones is 1. The van der Waals surface area contributed by atoms with Crippen molar-refractivity contribution >= 4 is 28.4 Å². The normalized spacial score (nSPS) is 10.7. The number of ether oxygens (including phenoxy) is 1. The molecule has 0 amide bonds. The third-order valence-electron chi connectivity index (χ3n) is 4.71. The number of rotatable bonds is 5. The number of nitriles is 1. The highest BCUT2D eigenvalue weighted by molar-refractivity contribution is 6.32. The Bertz CT molecular complexity index is 1370. The van der Waals surface area contributed by atoms with Crippen molar-refractivity contribution in [1.82, 2.24) is 14.1 Å². The molecule has 0 aliphatic carbocycles. The van der Waals surface area contributed by atoms with Crippen LogP contribution in [0.3, 0.4) is 0 Å². The van der Waals surface area contributed by atoms with Gasteiger partial charge in [0.2, 0.25) is 0 Å². The van der Waals surface area contributed by atoms with Crippen LogP contribution in [0, 0.1) is 11.3 Å². The number of para-hydroxylation sites is 1. The second-order valence-electron chi connectivity index (χ2n) is 6.48. The monoisotopic (exact) mass is 418 g/mol. The van der Waals surface area contributed by atoms with E-state index in [9.17, 15) is 14.9 Å². The van der Waals surface area contributed by atoms with Gasteiger partial charge in [-0.05, 0) is 24.3 Å². The molecule has 0 fully saturated rings. The maximum Gasteiger partial charge on any atom is 0.278 e. The maximum atomic E-state index is 13.3. The first-order valence-electron chi connectivity index (χ1n) is 8.97. The number of nitrogens with zero attached hydrogens (tertiary/aromatic N) is 4. The molecule has 0 saturated carbocycles. The average molecular weight is 419 g/mol. The van der Waals surface area contributed by atoms with E-state index < -0.39 is 5.56 Å². The average Bonchev–Trinajstić information content (AvgIpc) is 3.08. The molecule has 0 unspecified atom stereocenters. The number of carbonyl (C=O) groups is 1. The van der Waals surface area contributed by atoms with Crippen molar-refractivity contribution in [2.24, 2.45) is 0 Å². The Labute approximate surface area is 176 Å². The van der Waals surface area contributed by atoms with Gasteiger partial charge in [-0.3, -0.25) is 18.7 Å². The topological polar surface area (TPSA) is 89.9 Å². The van der Waals surface area contributed by atoms with Gasteiger partial charge in [0.25, 0.3) is 5.56 Å². The lowest BCUT2D eigenvalue weighted by Gasteiger charge is -2.09. The smallest absolute Gasteiger partial charge is 0.278 e. The van der Waals surface area contributed by atoms with Crippen molar-refractivity contribution in [3.63, 3.8) is 0 Å². The van der Waals surface area contributed by atoms with Crippen molar-refractivity contribution in [3.05, 3.63) is 87.6 Å². The second kappa shape index (κ2) is 7.85. The SMILES string of the molecule is COc1cccc(C(=O)Cn2cnc3c(C#N)c(Cl)n(-c4ccccc4)c3c2=O)c1. The molecular weight excluding hydrogens is 404 g/mol. The molecule has 2 aromatic heterocycles. The fraction of sp³-hybridized carbons (Fsp3) is 0.0909. The molecule has 0 aliphatic heterocycles. The fourth-order valence-corrected chi connectivity index (χ4v) is 3.56. The summed E-state index contributed by atoms with van der Waals surface area (Å²) in [5.41, 5.74) is 1.01. The first-order valence-corrected chi connectivity index (χ1v) is 9.35. The number of fused-ring (bicyclic) bond motifs is 1. The lowest BCUT2D eigenvalue weighted by atomic mass is 10.1. The lowest BCUT2D eigenvalue weighted by molar-refractivity contribution is 0.0970. The summed E-state index contributed by atoms with van der Waals surface area (Å²) in [5, 5.41) is 9.62. The van der Waals surface area contributed by atoms with Gasteiger partial charge in [0.1, 0.15) is 33.6 Å². The molecule has 0 saturated heterocycles. The van der Waals surface area contributed by atoms with Gasteiger partial charge >= 0.3 is 0 Å². The van der Waals surface area contributed by atoms with Crippen molar-refractivity contribution in [2.45, 2.75) is 6.54 Å². The van der Waals surface area contributed by atoms with Crippen LogP contribution in [0.4, 0.5) is 0 Å². The van der Waals surface area contributed by atoms with Crippen molar-refractivity contribution in [2.75, 3.05) is 7.11 Å². The molecule has 7 nitrogen and oxygen atoms in total. The van der Waals surface area contributed by atoms with Crippen LogP contribution in [-0.4, -0.2) is 27.0 Å². The molecule has 4 rings (SSSR count). The molecule has 0 spiro atoms. The van der Waals surface area contributed by atoms with Gasteiger partial charge in [0.05, 0.1) is 20.0 Å². The summed E-state index contributed by atoms with van der Waals surface area (Å²) >= 11 is 6.42. The number of methoxy groups -OCH3 is 1. The Kier molecular flexibility index (Phi) is 5.09. The molecule has 0 bridgehead atoms. The lowest BCUT2D eigenvalue weighted by Crippen LogP contribution is -2.26. The summed E-state index contributed by atoms with van der Waals surface area (Å²) in [6.07, 6.45) is 1.26. The number of carbonyl (C=O) groups excluding carboxylic acids is 1. The number of hydrogen-bond donors (Lipinski definition) is 0. The number of hydrogen-bond acceptors (Lipinski definition) is 5. The molecule has 8 heteroatoms. The highest BCUT2D eigenvalue weighted by Gasteiger charge is 2.22. The van der Waals surface area contributed by atoms with Gasteiger partial charge in [-0.25, -0.2) is 4.98 Å². The summed E-state index contributed by atoms with van der Waals surface area (Å²) in [6.45, 7) is -0.214. The molecular formula is C22H15ClN4O3. The van der Waals surface area contributed by atoms with Crippen LogP contribution < -0.4 is 10.3 Å². The quantitative estimate of drug-likeness (QED) is 0.462. The number of aromatic nitrogens is 3. The van der Waals surface area contributed by atoms with Crippen LogP contribution in [-0.2, 0) is 6.54 Å². The van der Waals surface area contributed by atoms with E-state index in [1.165, 1.54) is 22.6 Å². The summed E-state index contributed by atoms with van der Waals surface area (Å²) in [5.74, 6) is 0.270. The number of Topliss-reactive ketones (excluding diaryl/α,β-unsaturated/α-hetero) is 1. The predicted molar refractivity (Wildman–Crippen MR) is 112 cm³/mol. The molecule has 148 valence electrons. The minimum atomic E-state index is -0.469. The van der Waals surface area contributed by atoms with Gasteiger partial charge < -0.3 is 4.74 Å². The maximum absolute atomic E-state index is 13.3. The first-order chi connectivity index (χ1) is 14.5. The summed E-state index contributed by atoms with van der Waals surface area (Å²) < 4.78 is 7.84. The van der Waals surface area contributed by atoms with Crippen molar-refractivity contribution in [3.8, 4) is 17.5 Å². The van der Waals surface area contributed by atoms with Crippen LogP contribution in [0.1, 0.15) is 15.9 Å². The third-order valence-corrected chi connectivity index (χ3v) is 5.07. The minimum Gasteiger partial charge on any atom is -0.497 e. The Morgan fingerprint density at radius 3 is 2.67 bits per heavy atom. The molecule has 2 heterocycles. The summed E-state index contributed by atoms with van der Waals surface area (Å²) in [6, 6.07) is 17.7. The minimum absolute atomic E-state index is 0.0974. The van der Waals surface area contributed by atoms with Crippen LogP contribution >= 0.6 is 11.6 Å². The standard InChI is InChI=1S/C22H15ClN4O3/c1-30-16-9-5-6-14(10-16)18(28)12-26-13-25-19-17(11-24)21(23)27(20(19)22(26)29)15-7-3-2-4-8-15/h2-10,13H,12H2,1H3. The van der Waals surface area contributed by atoms with Gasteiger partial charge in [0, 0.05) is 11.3 Å². The summed E-state index contributed by atoms with van der Waals surface area (Å²) in [7, 11) is 1.51. The Hall–Kier alpha value is -3.89. The van der Waals surface area contributed by atoms with Crippen LogP contribution in [0.25, 0.3) is 16.7 Å². The fourth-order valence-electron chi connectivity index (χ4n) is 3.24. The van der Waals surface area contributed by atoms with Gasteiger partial charge in [-0.1, -0.05) is 41.9 Å². The zero-order valence-corrected chi connectivity index (χ0v) is 16.6. The van der Waals surface area contributed by atoms with Crippen LogP contribution in [0.15, 0.2) is 65.7 Å². The predicted octanol–water partition coefficient (Wildman–Crippen LogP) is 3.60. The Morgan fingerprint density at radius 1 is 1.20 bits per heavy atom. The molecule has 2 aromatic carbocycles. The van der Waals surface area contributed by atoms with E-state index in [2.05, 4.69) is 4.98 Å². The van der Waals surface area contributed by atoms with E-state index in [-0.39, 0.29) is 34.1 Å². The Balaban J connectivity index is 1.85. The second-order valence-corrected chi connectivity index (χ2v) is 6.84. The Morgan fingerprint density at radius 2 is 1.97 bits per heavy atom. The van der Waals surface area contributed by atoms with E-state index in [0.29, 0.717) is 17.0 Å². The van der Waals surface area contributed by atoms with E-state index >= 15 is 0 Å². The highest BCUT2D eigenvalue weighted by Crippen LogP contribution is 2.29. The zero-order valence-electron chi connectivity index (χ0n) is 15.9. The van der Waals surface area contributed by atoms with Gasteiger partial charge in [-0.15, -0.1) is 0 Å². The molecule has 0 N–H and O–H groups in total. The molecule has 30 heavy (non-hydrogen) atoms. The molecule has 4 aromatic rings. The summed E-state index contributed by atoms with van der Waals surface area (Å²) in [4.78, 5) is 30.2. The molecule has 0 aliphatic rings.